The van der Waals surface area contributed by atoms with Crippen molar-refractivity contribution in [2.24, 2.45) is 17.8 Å². The van der Waals surface area contributed by atoms with Crippen molar-refractivity contribution in [3.05, 3.63) is 29.8 Å². The van der Waals surface area contributed by atoms with Crippen LogP contribution in [0, 0.1) is 17.8 Å². The van der Waals surface area contributed by atoms with Gasteiger partial charge >= 0.3 is 0 Å². The van der Waals surface area contributed by atoms with Gasteiger partial charge in [0.25, 0.3) is 0 Å². The van der Waals surface area contributed by atoms with Gasteiger partial charge in [-0.05, 0) is 74.8 Å². The fraction of sp³-hybridized carbons (Fsp3) is 0.550. The molecule has 0 aliphatic heterocycles. The van der Waals surface area contributed by atoms with Crippen LogP contribution in [0.25, 0.3) is 6.08 Å². The van der Waals surface area contributed by atoms with E-state index in [9.17, 15) is 13.2 Å². The number of methoxy groups -OCH3 is 1. The maximum absolute atomic E-state index is 12.3. The topological polar surface area (TPSA) is 84.5 Å². The van der Waals surface area contributed by atoms with E-state index in [0.29, 0.717) is 11.5 Å². The van der Waals surface area contributed by atoms with E-state index in [1.54, 1.807) is 18.2 Å². The van der Waals surface area contributed by atoms with E-state index in [0.717, 1.165) is 11.8 Å². The lowest BCUT2D eigenvalue weighted by atomic mass is 9.84. The van der Waals surface area contributed by atoms with Gasteiger partial charge in [0, 0.05) is 12.1 Å². The SMILES string of the molecule is CNS(=O)(=O)c1cc(/C=C/C(=O)NC(C)C2CC3CCC2C3)ccc1OC. The number of sulfonamides is 1. The maximum Gasteiger partial charge on any atom is 0.244 e. The number of hydrogen-bond donors (Lipinski definition) is 2. The van der Waals surface area contributed by atoms with Crippen LogP contribution >= 0.6 is 0 Å². The van der Waals surface area contributed by atoms with Crippen molar-refractivity contribution in [3.63, 3.8) is 0 Å². The van der Waals surface area contributed by atoms with Crippen LogP contribution in [0.5, 0.6) is 5.75 Å². The van der Waals surface area contributed by atoms with Gasteiger partial charge in [-0.15, -0.1) is 0 Å². The van der Waals surface area contributed by atoms with Crippen molar-refractivity contribution >= 4 is 22.0 Å². The van der Waals surface area contributed by atoms with Crippen LogP contribution in [-0.4, -0.2) is 34.5 Å². The van der Waals surface area contributed by atoms with Crippen molar-refractivity contribution in [1.29, 1.82) is 0 Å². The standard InChI is InChI=1S/C20H28N2O4S/c1-13(17-11-15-4-7-16(17)10-15)22-20(23)9-6-14-5-8-18(26-3)19(12-14)27(24,25)21-2/h5-6,8-9,12-13,15-17,21H,4,7,10-11H2,1-3H3,(H,22,23)/b9-6+. The first kappa shape index (κ1) is 19.9. The molecule has 1 amide bonds. The highest BCUT2D eigenvalue weighted by atomic mass is 32.2. The summed E-state index contributed by atoms with van der Waals surface area (Å²) in [5.74, 6) is 2.29. The van der Waals surface area contributed by atoms with Gasteiger partial charge in [-0.2, -0.15) is 0 Å². The summed E-state index contributed by atoms with van der Waals surface area (Å²) in [5.41, 5.74) is 0.618. The average Bonchev–Trinajstić information content (AvgIpc) is 3.29. The summed E-state index contributed by atoms with van der Waals surface area (Å²) in [4.78, 5) is 12.3. The first-order valence-corrected chi connectivity index (χ1v) is 10.9. The Morgan fingerprint density at radius 2 is 2.07 bits per heavy atom. The van der Waals surface area contributed by atoms with Crippen molar-refractivity contribution in [2.45, 2.75) is 43.5 Å². The Balaban J connectivity index is 1.66. The van der Waals surface area contributed by atoms with E-state index in [4.69, 9.17) is 4.74 Å². The van der Waals surface area contributed by atoms with Crippen molar-refractivity contribution in [2.75, 3.05) is 14.2 Å². The van der Waals surface area contributed by atoms with Gasteiger partial charge in [0.05, 0.1) is 7.11 Å². The molecule has 0 radical (unpaired) electrons. The van der Waals surface area contributed by atoms with Gasteiger partial charge in [-0.25, -0.2) is 13.1 Å². The number of ether oxygens (including phenoxy) is 1. The Morgan fingerprint density at radius 1 is 1.30 bits per heavy atom. The number of fused-ring (bicyclic) bond motifs is 2. The van der Waals surface area contributed by atoms with Crippen LogP contribution < -0.4 is 14.8 Å². The molecule has 3 rings (SSSR count). The van der Waals surface area contributed by atoms with Gasteiger partial charge in [-0.1, -0.05) is 12.5 Å². The van der Waals surface area contributed by atoms with E-state index in [1.165, 1.54) is 52.0 Å². The van der Waals surface area contributed by atoms with Gasteiger partial charge in [0.1, 0.15) is 10.6 Å². The zero-order valence-corrected chi connectivity index (χ0v) is 16.9. The summed E-state index contributed by atoms with van der Waals surface area (Å²) in [7, 11) is -0.877. The number of hydrogen-bond acceptors (Lipinski definition) is 4. The molecule has 0 heterocycles. The summed E-state index contributed by atoms with van der Waals surface area (Å²) >= 11 is 0. The van der Waals surface area contributed by atoms with Gasteiger partial charge in [-0.3, -0.25) is 4.79 Å². The second kappa shape index (κ2) is 8.02. The van der Waals surface area contributed by atoms with Gasteiger partial charge < -0.3 is 10.1 Å². The molecule has 148 valence electrons. The number of benzene rings is 1. The van der Waals surface area contributed by atoms with Crippen LogP contribution in [0.15, 0.2) is 29.2 Å². The highest BCUT2D eigenvalue weighted by Crippen LogP contribution is 2.49. The highest BCUT2D eigenvalue weighted by Gasteiger charge is 2.41. The lowest BCUT2D eigenvalue weighted by Gasteiger charge is -2.28. The zero-order valence-electron chi connectivity index (χ0n) is 16.1. The van der Waals surface area contributed by atoms with Crippen molar-refractivity contribution in [1.82, 2.24) is 10.0 Å². The predicted octanol–water partition coefficient (Wildman–Crippen LogP) is 2.56. The second-order valence-corrected chi connectivity index (χ2v) is 9.44. The first-order valence-electron chi connectivity index (χ1n) is 9.44. The number of rotatable bonds is 7. The van der Waals surface area contributed by atoms with Crippen molar-refractivity contribution in [3.8, 4) is 5.75 Å². The number of amides is 1. The molecule has 7 heteroatoms. The largest absolute Gasteiger partial charge is 0.495 e. The molecule has 0 spiro atoms. The van der Waals surface area contributed by atoms with Crippen LogP contribution in [-0.2, 0) is 14.8 Å². The summed E-state index contributed by atoms with van der Waals surface area (Å²) in [6.45, 7) is 2.09. The van der Waals surface area contributed by atoms with Gasteiger partial charge in [0.2, 0.25) is 15.9 Å². The summed E-state index contributed by atoms with van der Waals surface area (Å²) in [6.07, 6.45) is 8.25. The molecule has 2 N–H and O–H groups in total. The molecular weight excluding hydrogens is 364 g/mol. The Bertz CT molecular complexity index is 834. The fourth-order valence-corrected chi connectivity index (χ4v) is 5.50. The van der Waals surface area contributed by atoms with Crippen LogP contribution in [0.2, 0.25) is 0 Å². The minimum atomic E-state index is -3.65. The molecule has 2 fully saturated rings. The third kappa shape index (κ3) is 4.35. The molecule has 2 aliphatic carbocycles. The monoisotopic (exact) mass is 392 g/mol. The molecular formula is C20H28N2O4S. The quantitative estimate of drug-likeness (QED) is 0.699. The summed E-state index contributed by atoms with van der Waals surface area (Å²) in [5, 5.41) is 3.07. The smallest absolute Gasteiger partial charge is 0.244 e. The molecule has 2 bridgehead atoms. The van der Waals surface area contributed by atoms with Gasteiger partial charge in [0.15, 0.2) is 0 Å². The third-order valence-electron chi connectivity index (χ3n) is 5.98. The highest BCUT2D eigenvalue weighted by molar-refractivity contribution is 7.89. The Hall–Kier alpha value is -1.86. The summed E-state index contributed by atoms with van der Waals surface area (Å²) < 4.78 is 31.7. The molecule has 0 saturated heterocycles. The number of carbonyl (C=O) groups is 1. The fourth-order valence-electron chi connectivity index (χ4n) is 4.57. The summed E-state index contributed by atoms with van der Waals surface area (Å²) in [6, 6.07) is 4.96. The van der Waals surface area contributed by atoms with E-state index in [2.05, 4.69) is 17.0 Å². The Kier molecular flexibility index (Phi) is 5.91. The molecule has 27 heavy (non-hydrogen) atoms. The number of nitrogens with one attached hydrogen (secondary N) is 2. The van der Waals surface area contributed by atoms with E-state index in [1.807, 2.05) is 0 Å². The van der Waals surface area contributed by atoms with Crippen LogP contribution in [0.1, 0.15) is 38.2 Å². The van der Waals surface area contributed by atoms with E-state index < -0.39 is 10.0 Å². The number of carbonyl (C=O) groups excluding carboxylic acids is 1. The van der Waals surface area contributed by atoms with Crippen LogP contribution in [0.4, 0.5) is 0 Å². The lowest BCUT2D eigenvalue weighted by Crippen LogP contribution is -2.39. The average molecular weight is 393 g/mol. The molecule has 4 unspecified atom stereocenters. The third-order valence-corrected chi connectivity index (χ3v) is 7.41. The molecule has 1 aromatic rings. The predicted molar refractivity (Wildman–Crippen MR) is 105 cm³/mol. The zero-order chi connectivity index (χ0) is 19.6. The molecule has 6 nitrogen and oxygen atoms in total. The molecule has 0 aromatic heterocycles. The minimum absolute atomic E-state index is 0.0467. The normalized spacial score (nSPS) is 25.7. The molecule has 2 saturated carbocycles. The molecule has 1 aromatic carbocycles. The van der Waals surface area contributed by atoms with Crippen LogP contribution in [0.3, 0.4) is 0 Å². The first-order chi connectivity index (χ1) is 12.8. The molecule has 2 aliphatic rings. The lowest BCUT2D eigenvalue weighted by molar-refractivity contribution is -0.117. The van der Waals surface area contributed by atoms with E-state index in [-0.39, 0.29) is 22.6 Å². The Labute approximate surface area is 161 Å². The minimum Gasteiger partial charge on any atom is -0.495 e. The van der Waals surface area contributed by atoms with Crippen molar-refractivity contribution < 1.29 is 17.9 Å². The maximum atomic E-state index is 12.3. The van der Waals surface area contributed by atoms with E-state index >= 15 is 0 Å². The second-order valence-electron chi connectivity index (χ2n) is 7.59. The molecule has 4 atom stereocenters. The Morgan fingerprint density at radius 3 is 2.67 bits per heavy atom.